The molecule has 1 aliphatic rings. The van der Waals surface area contributed by atoms with Crippen LogP contribution in [0.1, 0.15) is 18.4 Å². The zero-order chi connectivity index (χ0) is 14.2. The van der Waals surface area contributed by atoms with Crippen molar-refractivity contribution >= 4 is 27.6 Å². The summed E-state index contributed by atoms with van der Waals surface area (Å²) in [7, 11) is -4.16. The molecule has 1 N–H and O–H groups in total. The van der Waals surface area contributed by atoms with Gasteiger partial charge in [0.05, 0.1) is 4.90 Å². The lowest BCUT2D eigenvalue weighted by Gasteiger charge is -2.14. The molecule has 0 spiro atoms. The van der Waals surface area contributed by atoms with Crippen LogP contribution >= 0.6 is 0 Å². The van der Waals surface area contributed by atoms with Gasteiger partial charge in [0.2, 0.25) is 11.8 Å². The van der Waals surface area contributed by atoms with E-state index < -0.39 is 21.8 Å². The normalized spacial score (nSPS) is 15.9. The highest BCUT2D eigenvalue weighted by molar-refractivity contribution is 7.90. The molecule has 2 rings (SSSR count). The number of nitrogens with zero attached hydrogens (tertiary/aromatic N) is 1. The smallest absolute Gasteiger partial charge is 0.273 e. The summed E-state index contributed by atoms with van der Waals surface area (Å²) < 4.78 is 24.6. The summed E-state index contributed by atoms with van der Waals surface area (Å²) in [5.74, 6) is -1.64. The third-order valence-corrected chi connectivity index (χ3v) is 4.49. The number of imide groups is 1. The van der Waals surface area contributed by atoms with Gasteiger partial charge in [-0.1, -0.05) is 6.58 Å². The summed E-state index contributed by atoms with van der Waals surface area (Å²) in [5, 5.41) is 9.15. The minimum absolute atomic E-state index is 0.0937. The maximum Gasteiger partial charge on any atom is 0.273 e. The van der Waals surface area contributed by atoms with Gasteiger partial charge in [0.25, 0.3) is 10.0 Å². The first-order valence-corrected chi connectivity index (χ1v) is 6.87. The minimum Gasteiger partial charge on any atom is -0.508 e. The van der Waals surface area contributed by atoms with Crippen molar-refractivity contribution in [2.45, 2.75) is 17.7 Å². The zero-order valence-electron chi connectivity index (χ0n) is 9.87. The molecule has 0 atom stereocenters. The van der Waals surface area contributed by atoms with E-state index in [0.29, 0.717) is 9.87 Å². The Labute approximate surface area is 110 Å². The minimum atomic E-state index is -4.16. The van der Waals surface area contributed by atoms with Gasteiger partial charge in [0.1, 0.15) is 5.76 Å². The summed E-state index contributed by atoms with van der Waals surface area (Å²) >= 11 is 0. The lowest BCUT2D eigenvalue weighted by Crippen LogP contribution is -2.35. The molecule has 1 fully saturated rings. The fourth-order valence-corrected chi connectivity index (χ4v) is 3.16. The lowest BCUT2D eigenvalue weighted by molar-refractivity contribution is -0.132. The fraction of sp³-hybridized carbons (Fsp3) is 0.167. The van der Waals surface area contributed by atoms with Crippen molar-refractivity contribution in [3.05, 3.63) is 36.4 Å². The van der Waals surface area contributed by atoms with Gasteiger partial charge in [-0.15, -0.1) is 0 Å². The largest absolute Gasteiger partial charge is 0.508 e. The van der Waals surface area contributed by atoms with Crippen LogP contribution in [0.4, 0.5) is 0 Å². The molecule has 1 saturated heterocycles. The van der Waals surface area contributed by atoms with Crippen molar-refractivity contribution in [1.82, 2.24) is 4.31 Å². The first-order chi connectivity index (χ1) is 8.84. The SMILES string of the molecule is C=C(O)c1ccc(S(=O)(=O)N2C(=O)CCC2=O)cc1. The van der Waals surface area contributed by atoms with Gasteiger partial charge < -0.3 is 5.11 Å². The van der Waals surface area contributed by atoms with Gasteiger partial charge in [-0.3, -0.25) is 9.59 Å². The second-order valence-electron chi connectivity index (χ2n) is 4.03. The van der Waals surface area contributed by atoms with Gasteiger partial charge in [0.15, 0.2) is 0 Å². The third-order valence-electron chi connectivity index (χ3n) is 2.73. The number of amides is 2. The summed E-state index contributed by atoms with van der Waals surface area (Å²) in [6.45, 7) is 3.31. The molecule has 0 aromatic heterocycles. The fourth-order valence-electron chi connectivity index (χ4n) is 1.75. The van der Waals surface area contributed by atoms with Crippen LogP contribution in [0.3, 0.4) is 0 Å². The van der Waals surface area contributed by atoms with E-state index in [2.05, 4.69) is 6.58 Å². The van der Waals surface area contributed by atoms with Gasteiger partial charge >= 0.3 is 0 Å². The van der Waals surface area contributed by atoms with E-state index in [1.807, 2.05) is 0 Å². The van der Waals surface area contributed by atoms with Crippen LogP contribution in [-0.2, 0) is 19.6 Å². The Hall–Kier alpha value is -2.15. The average Bonchev–Trinajstić information content (AvgIpc) is 2.69. The first kappa shape index (κ1) is 13.3. The molecule has 1 aromatic rings. The number of rotatable bonds is 3. The van der Waals surface area contributed by atoms with Crippen LogP contribution < -0.4 is 0 Å². The standard InChI is InChI=1S/C12H11NO5S/c1-8(14)9-2-4-10(5-3-9)19(17,18)13-11(15)6-7-12(13)16/h2-5,14H,1,6-7H2. The zero-order valence-corrected chi connectivity index (χ0v) is 10.7. The van der Waals surface area contributed by atoms with E-state index in [-0.39, 0.29) is 23.5 Å². The molecule has 0 radical (unpaired) electrons. The van der Waals surface area contributed by atoms with Crippen LogP contribution in [0.5, 0.6) is 0 Å². The highest BCUT2D eigenvalue weighted by atomic mass is 32.2. The number of sulfonamides is 1. The van der Waals surface area contributed by atoms with Crippen molar-refractivity contribution in [3.8, 4) is 0 Å². The summed E-state index contributed by atoms with van der Waals surface area (Å²) in [6, 6.07) is 5.12. The molecule has 1 aromatic carbocycles. The molecule has 100 valence electrons. The number of carbonyl (C=O) groups excluding carboxylic acids is 2. The number of aliphatic hydroxyl groups excluding tert-OH is 1. The predicted molar refractivity (Wildman–Crippen MR) is 66.4 cm³/mol. The van der Waals surface area contributed by atoms with Crippen LogP contribution in [-0.4, -0.2) is 29.6 Å². The molecular formula is C12H11NO5S. The van der Waals surface area contributed by atoms with E-state index >= 15 is 0 Å². The molecule has 0 aliphatic carbocycles. The first-order valence-electron chi connectivity index (χ1n) is 5.43. The number of carbonyl (C=O) groups is 2. The molecule has 1 heterocycles. The monoisotopic (exact) mass is 281 g/mol. The topological polar surface area (TPSA) is 91.8 Å². The Balaban J connectivity index is 2.42. The van der Waals surface area contributed by atoms with Crippen LogP contribution in [0.15, 0.2) is 35.7 Å². The van der Waals surface area contributed by atoms with E-state index in [4.69, 9.17) is 5.11 Å². The van der Waals surface area contributed by atoms with Crippen LogP contribution in [0.2, 0.25) is 0 Å². The van der Waals surface area contributed by atoms with Crippen molar-refractivity contribution < 1.29 is 23.1 Å². The molecule has 1 aliphatic heterocycles. The van der Waals surface area contributed by atoms with Gasteiger partial charge in [0, 0.05) is 18.4 Å². The number of benzene rings is 1. The third kappa shape index (κ3) is 2.24. The van der Waals surface area contributed by atoms with Gasteiger partial charge in [-0.25, -0.2) is 8.42 Å². The Kier molecular flexibility index (Phi) is 3.15. The van der Waals surface area contributed by atoms with Crippen LogP contribution in [0.25, 0.3) is 5.76 Å². The average molecular weight is 281 g/mol. The molecule has 0 saturated carbocycles. The highest BCUT2D eigenvalue weighted by Gasteiger charge is 2.39. The molecule has 0 bridgehead atoms. The molecule has 19 heavy (non-hydrogen) atoms. The molecular weight excluding hydrogens is 270 g/mol. The quantitative estimate of drug-likeness (QED) is 0.660. The van der Waals surface area contributed by atoms with E-state index in [0.717, 1.165) is 0 Å². The summed E-state index contributed by atoms with van der Waals surface area (Å²) in [5.41, 5.74) is 0.359. The number of aliphatic hydroxyl groups is 1. The lowest BCUT2D eigenvalue weighted by atomic mass is 10.2. The molecule has 6 nitrogen and oxygen atoms in total. The number of hydrogen-bond acceptors (Lipinski definition) is 5. The van der Waals surface area contributed by atoms with E-state index in [1.54, 1.807) is 0 Å². The van der Waals surface area contributed by atoms with E-state index in [1.165, 1.54) is 24.3 Å². The Morgan fingerprint density at radius 3 is 2.00 bits per heavy atom. The van der Waals surface area contributed by atoms with Crippen molar-refractivity contribution in [2.24, 2.45) is 0 Å². The van der Waals surface area contributed by atoms with Crippen molar-refractivity contribution in [2.75, 3.05) is 0 Å². The predicted octanol–water partition coefficient (Wildman–Crippen LogP) is 1.05. The number of hydrogen-bond donors (Lipinski definition) is 1. The second kappa shape index (κ2) is 4.51. The van der Waals surface area contributed by atoms with E-state index in [9.17, 15) is 18.0 Å². The van der Waals surface area contributed by atoms with Crippen LogP contribution in [0, 0.1) is 0 Å². The Morgan fingerprint density at radius 2 is 1.58 bits per heavy atom. The van der Waals surface area contributed by atoms with Gasteiger partial charge in [-0.2, -0.15) is 4.31 Å². The summed E-state index contributed by atoms with van der Waals surface area (Å²) in [6.07, 6.45) is -0.187. The molecule has 0 unspecified atom stereocenters. The highest BCUT2D eigenvalue weighted by Crippen LogP contribution is 2.23. The van der Waals surface area contributed by atoms with Gasteiger partial charge in [-0.05, 0) is 24.3 Å². The van der Waals surface area contributed by atoms with Crippen molar-refractivity contribution in [3.63, 3.8) is 0 Å². The van der Waals surface area contributed by atoms with Crippen molar-refractivity contribution in [1.29, 1.82) is 0 Å². The second-order valence-corrected chi connectivity index (χ2v) is 5.81. The Bertz CT molecular complexity index is 644. The maximum atomic E-state index is 12.1. The molecule has 2 amide bonds. The Morgan fingerprint density at radius 1 is 1.11 bits per heavy atom. The molecule has 7 heteroatoms. The summed E-state index contributed by atoms with van der Waals surface area (Å²) in [4.78, 5) is 22.7. The maximum absolute atomic E-state index is 12.1.